The molecule has 0 bridgehead atoms. The lowest BCUT2D eigenvalue weighted by Gasteiger charge is -2.03. The molecule has 0 fully saturated rings. The summed E-state index contributed by atoms with van der Waals surface area (Å²) in [5, 5.41) is 13.1. The average molecular weight is 413 g/mol. The van der Waals surface area contributed by atoms with E-state index < -0.39 is 5.97 Å². The largest absolute Gasteiger partial charge is 0.481 e. The Morgan fingerprint density at radius 2 is 1.83 bits per heavy atom. The Morgan fingerprint density at radius 3 is 2.41 bits per heavy atom. The number of aliphatic carboxylic acids is 1. The predicted octanol–water partition coefficient (Wildman–Crippen LogP) is 4.65. The van der Waals surface area contributed by atoms with Crippen LogP contribution in [0.4, 0.5) is 5.69 Å². The number of anilines is 1. The van der Waals surface area contributed by atoms with Crippen molar-refractivity contribution in [2.24, 2.45) is 0 Å². The molecule has 0 radical (unpaired) electrons. The van der Waals surface area contributed by atoms with Crippen LogP contribution in [0, 0.1) is 0 Å². The zero-order chi connectivity index (χ0) is 21.4. The Balaban J connectivity index is 0.00000145. The minimum Gasteiger partial charge on any atom is -0.481 e. The SMILES string of the molecule is C=O.CCNc1ccc2c(CCC(=O)O)c(C(=O)c3ccc(SC)cc3)oc2c1. The van der Waals surface area contributed by atoms with E-state index in [1.165, 1.54) is 0 Å². The molecule has 1 aromatic heterocycles. The van der Waals surface area contributed by atoms with Crippen LogP contribution in [0.15, 0.2) is 51.8 Å². The van der Waals surface area contributed by atoms with Crippen LogP contribution in [-0.4, -0.2) is 36.4 Å². The Labute approximate surface area is 173 Å². The van der Waals surface area contributed by atoms with E-state index in [-0.39, 0.29) is 24.4 Å². The van der Waals surface area contributed by atoms with Crippen LogP contribution in [0.1, 0.15) is 35.0 Å². The van der Waals surface area contributed by atoms with Crippen LogP contribution in [0.3, 0.4) is 0 Å². The molecule has 0 aliphatic carbocycles. The van der Waals surface area contributed by atoms with Crippen molar-refractivity contribution in [1.82, 2.24) is 0 Å². The van der Waals surface area contributed by atoms with Crippen molar-refractivity contribution in [3.05, 3.63) is 59.4 Å². The number of carbonyl (C=O) groups is 3. The number of aryl methyl sites for hydroxylation is 1. The number of carbonyl (C=O) groups excluding carboxylic acids is 2. The number of hydrogen-bond acceptors (Lipinski definition) is 6. The Bertz CT molecular complexity index is 994. The first-order valence-corrected chi connectivity index (χ1v) is 10.2. The molecule has 2 aromatic carbocycles. The maximum atomic E-state index is 13.0. The molecule has 0 saturated heterocycles. The number of rotatable bonds is 8. The molecule has 0 aliphatic rings. The predicted molar refractivity (Wildman–Crippen MR) is 115 cm³/mol. The highest BCUT2D eigenvalue weighted by atomic mass is 32.2. The second kappa shape index (κ2) is 10.5. The third-order valence-electron chi connectivity index (χ3n) is 4.32. The number of nitrogens with one attached hydrogen (secondary N) is 1. The lowest BCUT2D eigenvalue weighted by Crippen LogP contribution is -2.05. The summed E-state index contributed by atoms with van der Waals surface area (Å²) in [5.41, 5.74) is 2.65. The summed E-state index contributed by atoms with van der Waals surface area (Å²) < 4.78 is 5.90. The summed E-state index contributed by atoms with van der Waals surface area (Å²) in [4.78, 5) is 33.2. The monoisotopic (exact) mass is 413 g/mol. The fourth-order valence-electron chi connectivity index (χ4n) is 3.00. The molecule has 1 heterocycles. The summed E-state index contributed by atoms with van der Waals surface area (Å²) in [6, 6.07) is 13.0. The molecule has 2 N–H and O–H groups in total. The van der Waals surface area contributed by atoms with E-state index in [0.717, 1.165) is 22.5 Å². The zero-order valence-electron chi connectivity index (χ0n) is 16.4. The summed E-state index contributed by atoms with van der Waals surface area (Å²) in [5.74, 6) is -0.919. The summed E-state index contributed by atoms with van der Waals surface area (Å²) in [6.07, 6.45) is 2.16. The highest BCUT2D eigenvalue weighted by Gasteiger charge is 2.22. The number of ketones is 1. The smallest absolute Gasteiger partial charge is 0.303 e. The Morgan fingerprint density at radius 1 is 1.14 bits per heavy atom. The standard InChI is InChI=1S/C21H21NO4S.CH2O/c1-3-22-14-6-9-16-17(10-11-19(23)24)21(26-18(16)12-14)20(25)13-4-7-15(27-2)8-5-13;1-2/h4-9,12,22H,3,10-11H2,1-2H3,(H,23,24);1H2. The molecule has 0 amide bonds. The van der Waals surface area contributed by atoms with Gasteiger partial charge in [0.15, 0.2) is 5.76 Å². The quantitative estimate of drug-likeness (QED) is 0.410. The topological polar surface area (TPSA) is 96.6 Å². The summed E-state index contributed by atoms with van der Waals surface area (Å²) >= 11 is 1.60. The lowest BCUT2D eigenvalue weighted by atomic mass is 10.0. The highest BCUT2D eigenvalue weighted by molar-refractivity contribution is 7.98. The number of thioether (sulfide) groups is 1. The van der Waals surface area contributed by atoms with E-state index in [0.29, 0.717) is 16.7 Å². The third-order valence-corrected chi connectivity index (χ3v) is 5.06. The van der Waals surface area contributed by atoms with Gasteiger partial charge in [0, 0.05) is 46.1 Å². The van der Waals surface area contributed by atoms with Crippen LogP contribution in [-0.2, 0) is 16.0 Å². The van der Waals surface area contributed by atoms with Gasteiger partial charge in [-0.15, -0.1) is 11.8 Å². The molecule has 29 heavy (non-hydrogen) atoms. The number of hydrogen-bond donors (Lipinski definition) is 2. The molecular weight excluding hydrogens is 390 g/mol. The number of carboxylic acid groups (broad SMARTS) is 1. The van der Waals surface area contributed by atoms with Gasteiger partial charge in [0.1, 0.15) is 12.4 Å². The van der Waals surface area contributed by atoms with E-state index in [4.69, 9.17) is 14.3 Å². The van der Waals surface area contributed by atoms with Crippen molar-refractivity contribution in [1.29, 1.82) is 0 Å². The van der Waals surface area contributed by atoms with E-state index in [1.54, 1.807) is 23.9 Å². The highest BCUT2D eigenvalue weighted by Crippen LogP contribution is 2.31. The molecule has 6 nitrogen and oxygen atoms in total. The number of carboxylic acids is 1. The van der Waals surface area contributed by atoms with Gasteiger partial charge in [-0.25, -0.2) is 0 Å². The summed E-state index contributed by atoms with van der Waals surface area (Å²) in [7, 11) is 0. The van der Waals surface area contributed by atoms with Crippen LogP contribution >= 0.6 is 11.8 Å². The van der Waals surface area contributed by atoms with Gasteiger partial charge >= 0.3 is 5.97 Å². The molecule has 0 saturated carbocycles. The van der Waals surface area contributed by atoms with E-state index in [9.17, 15) is 9.59 Å². The van der Waals surface area contributed by atoms with Gasteiger partial charge in [-0.05, 0) is 56.0 Å². The van der Waals surface area contributed by atoms with Gasteiger partial charge in [0.05, 0.1) is 0 Å². The van der Waals surface area contributed by atoms with Crippen LogP contribution in [0.2, 0.25) is 0 Å². The van der Waals surface area contributed by atoms with Gasteiger partial charge in [-0.1, -0.05) is 0 Å². The van der Waals surface area contributed by atoms with Gasteiger partial charge in [-0.2, -0.15) is 0 Å². The normalized spacial score (nSPS) is 10.3. The van der Waals surface area contributed by atoms with Crippen molar-refractivity contribution < 1.29 is 23.9 Å². The van der Waals surface area contributed by atoms with Crippen molar-refractivity contribution >= 4 is 47.0 Å². The van der Waals surface area contributed by atoms with Gasteiger partial charge in [-0.3, -0.25) is 9.59 Å². The molecule has 3 rings (SSSR count). The molecule has 0 aliphatic heterocycles. The number of benzene rings is 2. The fraction of sp³-hybridized carbons (Fsp3) is 0.227. The van der Waals surface area contributed by atoms with Crippen molar-refractivity contribution in [2.45, 2.75) is 24.7 Å². The second-order valence-electron chi connectivity index (χ2n) is 6.10. The first-order valence-electron chi connectivity index (χ1n) is 9.02. The first kappa shape index (κ1) is 22.2. The fourth-order valence-corrected chi connectivity index (χ4v) is 3.41. The van der Waals surface area contributed by atoms with E-state index >= 15 is 0 Å². The van der Waals surface area contributed by atoms with Gasteiger partial charge in [0.2, 0.25) is 5.78 Å². The summed E-state index contributed by atoms with van der Waals surface area (Å²) in [6.45, 7) is 4.77. The van der Waals surface area contributed by atoms with Crippen LogP contribution in [0.25, 0.3) is 11.0 Å². The Hall–Kier alpha value is -3.06. The van der Waals surface area contributed by atoms with E-state index in [1.807, 2.05) is 50.3 Å². The first-order chi connectivity index (χ1) is 14.0. The van der Waals surface area contributed by atoms with E-state index in [2.05, 4.69) is 5.32 Å². The number of furan rings is 1. The molecule has 0 spiro atoms. The second-order valence-corrected chi connectivity index (χ2v) is 6.98. The lowest BCUT2D eigenvalue weighted by molar-refractivity contribution is -0.136. The third kappa shape index (κ3) is 5.26. The Kier molecular flexibility index (Phi) is 8.03. The minimum absolute atomic E-state index is 0.0602. The molecule has 3 aromatic rings. The molecule has 7 heteroatoms. The molecular formula is C22H23NO5S. The van der Waals surface area contributed by atoms with Crippen molar-refractivity contribution in [3.63, 3.8) is 0 Å². The van der Waals surface area contributed by atoms with Crippen molar-refractivity contribution in [2.75, 3.05) is 18.1 Å². The molecule has 152 valence electrons. The maximum absolute atomic E-state index is 13.0. The average Bonchev–Trinajstić information content (AvgIpc) is 3.11. The van der Waals surface area contributed by atoms with Gasteiger partial charge in [0.25, 0.3) is 0 Å². The maximum Gasteiger partial charge on any atom is 0.303 e. The molecule has 0 unspecified atom stereocenters. The van der Waals surface area contributed by atoms with Crippen LogP contribution in [0.5, 0.6) is 0 Å². The van der Waals surface area contributed by atoms with Crippen LogP contribution < -0.4 is 5.32 Å². The zero-order valence-corrected chi connectivity index (χ0v) is 17.2. The van der Waals surface area contributed by atoms with Crippen molar-refractivity contribution in [3.8, 4) is 0 Å². The number of fused-ring (bicyclic) bond motifs is 1. The minimum atomic E-state index is -0.906. The molecule has 0 atom stereocenters. The van der Waals surface area contributed by atoms with Gasteiger partial charge < -0.3 is 19.6 Å².